The fourth-order valence-electron chi connectivity index (χ4n) is 1.78. The summed E-state index contributed by atoms with van der Waals surface area (Å²) >= 11 is 0. The number of rotatable bonds is 3. The lowest BCUT2D eigenvalue weighted by molar-refractivity contribution is 0.139. The van der Waals surface area contributed by atoms with Crippen molar-refractivity contribution >= 4 is 0 Å². The van der Waals surface area contributed by atoms with E-state index in [-0.39, 0.29) is 0 Å². The summed E-state index contributed by atoms with van der Waals surface area (Å²) in [5.41, 5.74) is 6.64. The van der Waals surface area contributed by atoms with Gasteiger partial charge in [0, 0.05) is 7.11 Å². The first-order valence-electron chi connectivity index (χ1n) is 5.31. The van der Waals surface area contributed by atoms with E-state index in [0.717, 1.165) is 17.1 Å². The van der Waals surface area contributed by atoms with E-state index in [1.54, 1.807) is 7.11 Å². The lowest BCUT2D eigenvalue weighted by Gasteiger charge is -2.26. The zero-order valence-electron chi connectivity index (χ0n) is 9.66. The Morgan fingerprint density at radius 1 is 1.31 bits per heavy atom. The van der Waals surface area contributed by atoms with Crippen LogP contribution in [0.25, 0.3) is 0 Å². The molecule has 0 aliphatic carbocycles. The predicted octanol–water partition coefficient (Wildman–Crippen LogP) is 1.28. The van der Waals surface area contributed by atoms with Gasteiger partial charge in [-0.1, -0.05) is 6.07 Å². The maximum absolute atomic E-state index is 6.16. The molecular weight excluding hydrogens is 206 g/mol. The van der Waals surface area contributed by atoms with Crippen LogP contribution in [0.4, 0.5) is 0 Å². The topological polar surface area (TPSA) is 53.7 Å². The highest BCUT2D eigenvalue weighted by Crippen LogP contribution is 2.33. The van der Waals surface area contributed by atoms with Gasteiger partial charge in [-0.25, -0.2) is 0 Å². The highest BCUT2D eigenvalue weighted by Gasteiger charge is 2.23. The van der Waals surface area contributed by atoms with E-state index < -0.39 is 5.54 Å². The average Bonchev–Trinajstić information content (AvgIpc) is 2.28. The number of hydrogen-bond donors (Lipinski definition) is 1. The monoisotopic (exact) mass is 223 g/mol. The second-order valence-corrected chi connectivity index (χ2v) is 4.21. The number of benzene rings is 1. The quantitative estimate of drug-likeness (QED) is 0.838. The van der Waals surface area contributed by atoms with Gasteiger partial charge in [-0.05, 0) is 24.6 Å². The van der Waals surface area contributed by atoms with Crippen molar-refractivity contribution < 1.29 is 14.2 Å². The molecule has 1 heterocycles. The lowest BCUT2D eigenvalue weighted by Crippen LogP contribution is -2.37. The Kier molecular flexibility index (Phi) is 3.03. The SMILES string of the molecule is COCC(C)(N)c1ccc2c(c1)OCCO2. The normalized spacial score (nSPS) is 17.9. The minimum atomic E-state index is -0.509. The fourth-order valence-corrected chi connectivity index (χ4v) is 1.78. The molecule has 0 fully saturated rings. The highest BCUT2D eigenvalue weighted by molar-refractivity contribution is 5.45. The number of fused-ring (bicyclic) bond motifs is 1. The third kappa shape index (κ3) is 2.13. The summed E-state index contributed by atoms with van der Waals surface area (Å²) in [6.07, 6.45) is 0. The molecular formula is C12H17NO3. The molecule has 0 saturated heterocycles. The Hall–Kier alpha value is -1.26. The molecule has 1 aliphatic rings. The molecule has 1 aromatic rings. The lowest BCUT2D eigenvalue weighted by atomic mass is 9.94. The van der Waals surface area contributed by atoms with Crippen molar-refractivity contribution in [1.29, 1.82) is 0 Å². The molecule has 0 bridgehead atoms. The van der Waals surface area contributed by atoms with Crippen molar-refractivity contribution in [2.24, 2.45) is 5.73 Å². The second-order valence-electron chi connectivity index (χ2n) is 4.21. The van der Waals surface area contributed by atoms with Gasteiger partial charge in [0.2, 0.25) is 0 Å². The number of methoxy groups -OCH3 is 1. The summed E-state index contributed by atoms with van der Waals surface area (Å²) in [7, 11) is 1.64. The van der Waals surface area contributed by atoms with Gasteiger partial charge in [-0.2, -0.15) is 0 Å². The van der Waals surface area contributed by atoms with Gasteiger partial charge in [-0.15, -0.1) is 0 Å². The van der Waals surface area contributed by atoms with Crippen LogP contribution in [0.5, 0.6) is 11.5 Å². The van der Waals surface area contributed by atoms with E-state index in [9.17, 15) is 0 Å². The number of hydrogen-bond acceptors (Lipinski definition) is 4. The summed E-state index contributed by atoms with van der Waals surface area (Å²) in [6, 6.07) is 5.77. The van der Waals surface area contributed by atoms with Crippen molar-refractivity contribution in [3.63, 3.8) is 0 Å². The largest absolute Gasteiger partial charge is 0.486 e. The van der Waals surface area contributed by atoms with E-state index in [0.29, 0.717) is 19.8 Å². The minimum absolute atomic E-state index is 0.465. The molecule has 0 aromatic heterocycles. The zero-order chi connectivity index (χ0) is 11.6. The van der Waals surface area contributed by atoms with Crippen molar-refractivity contribution in [3.05, 3.63) is 23.8 Å². The van der Waals surface area contributed by atoms with Crippen LogP contribution < -0.4 is 15.2 Å². The van der Waals surface area contributed by atoms with Gasteiger partial charge in [0.1, 0.15) is 13.2 Å². The summed E-state index contributed by atoms with van der Waals surface area (Å²) in [4.78, 5) is 0. The molecule has 1 aromatic carbocycles. The van der Waals surface area contributed by atoms with Crippen LogP contribution in [0.2, 0.25) is 0 Å². The Morgan fingerprint density at radius 2 is 2.00 bits per heavy atom. The van der Waals surface area contributed by atoms with Gasteiger partial charge in [0.25, 0.3) is 0 Å². The molecule has 2 N–H and O–H groups in total. The fraction of sp³-hybridized carbons (Fsp3) is 0.500. The molecule has 1 atom stereocenters. The van der Waals surface area contributed by atoms with Crippen molar-refractivity contribution in [1.82, 2.24) is 0 Å². The molecule has 0 spiro atoms. The van der Waals surface area contributed by atoms with Crippen LogP contribution in [-0.4, -0.2) is 26.9 Å². The standard InChI is InChI=1S/C12H17NO3/c1-12(13,8-14-2)9-3-4-10-11(7-9)16-6-5-15-10/h3-4,7H,5-6,8,13H2,1-2H3. The summed E-state index contributed by atoms with van der Waals surface area (Å²) in [5.74, 6) is 1.54. The summed E-state index contributed by atoms with van der Waals surface area (Å²) in [6.45, 7) is 3.58. The van der Waals surface area contributed by atoms with Crippen LogP contribution in [-0.2, 0) is 10.3 Å². The third-order valence-electron chi connectivity index (χ3n) is 2.65. The van der Waals surface area contributed by atoms with Crippen LogP contribution in [0.15, 0.2) is 18.2 Å². The van der Waals surface area contributed by atoms with Crippen LogP contribution in [0.3, 0.4) is 0 Å². The third-order valence-corrected chi connectivity index (χ3v) is 2.65. The minimum Gasteiger partial charge on any atom is -0.486 e. The molecule has 0 radical (unpaired) electrons. The summed E-state index contributed by atoms with van der Waals surface area (Å²) in [5, 5.41) is 0. The smallest absolute Gasteiger partial charge is 0.161 e. The number of ether oxygens (including phenoxy) is 3. The van der Waals surface area contributed by atoms with Crippen LogP contribution in [0, 0.1) is 0 Å². The van der Waals surface area contributed by atoms with E-state index in [4.69, 9.17) is 19.9 Å². The van der Waals surface area contributed by atoms with E-state index in [2.05, 4.69) is 0 Å². The molecule has 4 heteroatoms. The molecule has 4 nitrogen and oxygen atoms in total. The van der Waals surface area contributed by atoms with Gasteiger partial charge in [0.05, 0.1) is 12.1 Å². The Labute approximate surface area is 95.3 Å². The molecule has 0 saturated carbocycles. The average molecular weight is 223 g/mol. The first-order chi connectivity index (χ1) is 7.63. The van der Waals surface area contributed by atoms with Gasteiger partial charge in [-0.3, -0.25) is 0 Å². The second kappa shape index (κ2) is 4.31. The predicted molar refractivity (Wildman–Crippen MR) is 60.8 cm³/mol. The molecule has 0 amide bonds. The van der Waals surface area contributed by atoms with E-state index in [1.807, 2.05) is 25.1 Å². The zero-order valence-corrected chi connectivity index (χ0v) is 9.66. The van der Waals surface area contributed by atoms with E-state index >= 15 is 0 Å². The molecule has 2 rings (SSSR count). The van der Waals surface area contributed by atoms with Crippen molar-refractivity contribution in [2.75, 3.05) is 26.9 Å². The first-order valence-corrected chi connectivity index (χ1v) is 5.31. The molecule has 88 valence electrons. The van der Waals surface area contributed by atoms with Gasteiger partial charge in [0.15, 0.2) is 11.5 Å². The molecule has 1 unspecified atom stereocenters. The Balaban J connectivity index is 2.29. The molecule has 16 heavy (non-hydrogen) atoms. The van der Waals surface area contributed by atoms with Gasteiger partial charge < -0.3 is 19.9 Å². The molecule has 1 aliphatic heterocycles. The van der Waals surface area contributed by atoms with E-state index in [1.165, 1.54) is 0 Å². The Morgan fingerprint density at radius 3 is 2.69 bits per heavy atom. The Bertz CT molecular complexity index is 377. The maximum Gasteiger partial charge on any atom is 0.161 e. The first kappa shape index (κ1) is 11.2. The van der Waals surface area contributed by atoms with Crippen molar-refractivity contribution in [3.8, 4) is 11.5 Å². The van der Waals surface area contributed by atoms with Crippen molar-refractivity contribution in [2.45, 2.75) is 12.5 Å². The van der Waals surface area contributed by atoms with Gasteiger partial charge >= 0.3 is 0 Å². The summed E-state index contributed by atoms with van der Waals surface area (Å²) < 4.78 is 16.1. The highest BCUT2D eigenvalue weighted by atomic mass is 16.6. The number of nitrogens with two attached hydrogens (primary N) is 1. The maximum atomic E-state index is 6.16. The van der Waals surface area contributed by atoms with Crippen LogP contribution in [0.1, 0.15) is 12.5 Å². The van der Waals surface area contributed by atoms with Crippen LogP contribution >= 0.6 is 0 Å².